The first-order valence-electron chi connectivity index (χ1n) is 8.76. The van der Waals surface area contributed by atoms with Gasteiger partial charge in [0.25, 0.3) is 5.91 Å². The molecule has 2 amide bonds. The van der Waals surface area contributed by atoms with Crippen molar-refractivity contribution < 1.29 is 19.1 Å². The van der Waals surface area contributed by atoms with Gasteiger partial charge < -0.3 is 20.1 Å². The molecular weight excluding hydrogens is 344 g/mol. The Morgan fingerprint density at radius 1 is 1.00 bits per heavy atom. The summed E-state index contributed by atoms with van der Waals surface area (Å²) in [7, 11) is 1.59. The largest absolute Gasteiger partial charge is 0.497 e. The fourth-order valence-electron chi connectivity index (χ4n) is 2.18. The lowest BCUT2D eigenvalue weighted by Crippen LogP contribution is -2.29. The third-order valence-electron chi connectivity index (χ3n) is 3.76. The van der Waals surface area contributed by atoms with E-state index in [2.05, 4.69) is 10.6 Å². The molecule has 6 heteroatoms. The number of rotatable bonds is 7. The molecule has 144 valence electrons. The Bertz CT molecular complexity index is 797. The van der Waals surface area contributed by atoms with Crippen LogP contribution in [0, 0.1) is 5.41 Å². The van der Waals surface area contributed by atoms with Crippen LogP contribution in [-0.2, 0) is 4.79 Å². The zero-order chi connectivity index (χ0) is 19.9. The lowest BCUT2D eigenvalue weighted by molar-refractivity contribution is -0.123. The molecule has 0 unspecified atom stereocenters. The van der Waals surface area contributed by atoms with Crippen LogP contribution in [0.3, 0.4) is 0 Å². The monoisotopic (exact) mass is 370 g/mol. The van der Waals surface area contributed by atoms with Gasteiger partial charge in [0.2, 0.25) is 5.91 Å². The maximum atomic E-state index is 12.3. The van der Waals surface area contributed by atoms with Crippen molar-refractivity contribution in [3.8, 4) is 11.5 Å². The lowest BCUT2D eigenvalue weighted by Gasteiger charge is -2.18. The van der Waals surface area contributed by atoms with E-state index in [1.807, 2.05) is 39.0 Å². The van der Waals surface area contributed by atoms with Gasteiger partial charge in [0.1, 0.15) is 18.1 Å². The van der Waals surface area contributed by atoms with Crippen LogP contribution in [0.25, 0.3) is 0 Å². The summed E-state index contributed by atoms with van der Waals surface area (Å²) in [6.45, 7) is 6.19. The molecule has 0 aliphatic rings. The van der Waals surface area contributed by atoms with Gasteiger partial charge >= 0.3 is 0 Å². The van der Waals surface area contributed by atoms with Crippen LogP contribution in [0.4, 0.5) is 5.69 Å². The van der Waals surface area contributed by atoms with Crippen molar-refractivity contribution in [1.82, 2.24) is 5.32 Å². The minimum Gasteiger partial charge on any atom is -0.497 e. The van der Waals surface area contributed by atoms with Crippen molar-refractivity contribution in [2.45, 2.75) is 20.8 Å². The average Bonchev–Trinajstić information content (AvgIpc) is 2.64. The van der Waals surface area contributed by atoms with Gasteiger partial charge in [-0.15, -0.1) is 0 Å². The number of nitrogens with one attached hydrogen (secondary N) is 2. The standard InChI is InChI=1S/C21H26N2O4/c1-21(2,3)20(25)23-16-8-5-7-15(13-16)19(24)22-11-12-27-18-10-6-9-17(14-18)26-4/h5-10,13-14H,11-12H2,1-4H3,(H,22,24)(H,23,25). The van der Waals surface area contributed by atoms with Crippen LogP contribution < -0.4 is 20.1 Å². The second-order valence-corrected chi connectivity index (χ2v) is 7.07. The fourth-order valence-corrected chi connectivity index (χ4v) is 2.18. The highest BCUT2D eigenvalue weighted by Gasteiger charge is 2.21. The van der Waals surface area contributed by atoms with Crippen LogP contribution in [0.15, 0.2) is 48.5 Å². The zero-order valence-corrected chi connectivity index (χ0v) is 16.2. The molecule has 0 atom stereocenters. The van der Waals surface area contributed by atoms with Gasteiger partial charge in [0, 0.05) is 22.7 Å². The van der Waals surface area contributed by atoms with Gasteiger partial charge in [-0.05, 0) is 30.3 Å². The van der Waals surface area contributed by atoms with Gasteiger partial charge in [0.05, 0.1) is 13.7 Å². The smallest absolute Gasteiger partial charge is 0.251 e. The highest BCUT2D eigenvalue weighted by atomic mass is 16.5. The summed E-state index contributed by atoms with van der Waals surface area (Å²) < 4.78 is 10.7. The number of hydrogen-bond acceptors (Lipinski definition) is 4. The molecule has 0 fully saturated rings. The van der Waals surface area contributed by atoms with Gasteiger partial charge in [-0.3, -0.25) is 9.59 Å². The fraction of sp³-hybridized carbons (Fsp3) is 0.333. The zero-order valence-electron chi connectivity index (χ0n) is 16.2. The molecule has 0 radical (unpaired) electrons. The molecule has 0 saturated heterocycles. The van der Waals surface area contributed by atoms with Gasteiger partial charge in [0.15, 0.2) is 0 Å². The maximum absolute atomic E-state index is 12.3. The Balaban J connectivity index is 1.85. The summed E-state index contributed by atoms with van der Waals surface area (Å²) in [5.74, 6) is 1.06. The first-order chi connectivity index (χ1) is 12.8. The quantitative estimate of drug-likeness (QED) is 0.732. The number of ether oxygens (including phenoxy) is 2. The molecule has 0 spiro atoms. The predicted octanol–water partition coefficient (Wildman–Crippen LogP) is 3.49. The van der Waals surface area contributed by atoms with Crippen molar-refractivity contribution in [3.63, 3.8) is 0 Å². The summed E-state index contributed by atoms with van der Waals surface area (Å²) >= 11 is 0. The Kier molecular flexibility index (Phi) is 6.82. The lowest BCUT2D eigenvalue weighted by atomic mass is 9.95. The third-order valence-corrected chi connectivity index (χ3v) is 3.76. The summed E-state index contributed by atoms with van der Waals surface area (Å²) in [5.41, 5.74) is 0.564. The van der Waals surface area contributed by atoms with Crippen LogP contribution >= 0.6 is 0 Å². The van der Waals surface area contributed by atoms with Crippen molar-refractivity contribution in [3.05, 3.63) is 54.1 Å². The second-order valence-electron chi connectivity index (χ2n) is 7.07. The van der Waals surface area contributed by atoms with Crippen molar-refractivity contribution >= 4 is 17.5 Å². The van der Waals surface area contributed by atoms with E-state index in [0.717, 1.165) is 0 Å². The van der Waals surface area contributed by atoms with Crippen molar-refractivity contribution in [2.24, 2.45) is 5.41 Å². The first kappa shape index (κ1) is 20.3. The molecule has 0 aromatic heterocycles. The molecule has 0 saturated carbocycles. The van der Waals surface area contributed by atoms with E-state index >= 15 is 0 Å². The third kappa shape index (κ3) is 6.33. The summed E-state index contributed by atoms with van der Waals surface area (Å²) in [4.78, 5) is 24.4. The molecule has 0 aliphatic heterocycles. The molecule has 0 aliphatic carbocycles. The Labute approximate surface area is 159 Å². The Morgan fingerprint density at radius 2 is 1.70 bits per heavy atom. The number of amides is 2. The molecule has 6 nitrogen and oxygen atoms in total. The first-order valence-corrected chi connectivity index (χ1v) is 8.76. The molecule has 2 aromatic rings. The summed E-state index contributed by atoms with van der Waals surface area (Å²) in [6.07, 6.45) is 0. The van der Waals surface area contributed by atoms with E-state index in [1.165, 1.54) is 0 Å². The van der Waals surface area contributed by atoms with Gasteiger partial charge in [-0.1, -0.05) is 32.9 Å². The van der Waals surface area contributed by atoms with Crippen molar-refractivity contribution in [1.29, 1.82) is 0 Å². The summed E-state index contributed by atoms with van der Waals surface area (Å²) in [6, 6.07) is 14.1. The molecule has 0 bridgehead atoms. The number of hydrogen-bond donors (Lipinski definition) is 2. The molecule has 27 heavy (non-hydrogen) atoms. The van der Waals surface area contributed by atoms with Crippen LogP contribution in [0.2, 0.25) is 0 Å². The number of carbonyl (C=O) groups excluding carboxylic acids is 2. The Hall–Kier alpha value is -3.02. The number of methoxy groups -OCH3 is 1. The summed E-state index contributed by atoms with van der Waals surface area (Å²) in [5, 5.41) is 5.62. The second kappa shape index (κ2) is 9.07. The molecule has 2 aromatic carbocycles. The molecule has 0 heterocycles. The molecular formula is C21H26N2O4. The van der Waals surface area contributed by atoms with Crippen LogP contribution in [0.5, 0.6) is 11.5 Å². The van der Waals surface area contributed by atoms with Crippen molar-refractivity contribution in [2.75, 3.05) is 25.6 Å². The Morgan fingerprint density at radius 3 is 2.41 bits per heavy atom. The van der Waals surface area contributed by atoms with E-state index in [1.54, 1.807) is 37.4 Å². The number of benzene rings is 2. The minimum absolute atomic E-state index is 0.105. The SMILES string of the molecule is COc1cccc(OCCNC(=O)c2cccc(NC(=O)C(C)(C)C)c2)c1. The topological polar surface area (TPSA) is 76.7 Å². The van der Waals surface area contributed by atoms with Gasteiger partial charge in [-0.2, -0.15) is 0 Å². The van der Waals surface area contributed by atoms with Crippen LogP contribution in [-0.4, -0.2) is 32.1 Å². The van der Waals surface area contributed by atoms with E-state index in [4.69, 9.17) is 9.47 Å². The average molecular weight is 370 g/mol. The van der Waals surface area contributed by atoms with E-state index in [-0.39, 0.29) is 11.8 Å². The molecule has 2 N–H and O–H groups in total. The highest BCUT2D eigenvalue weighted by Crippen LogP contribution is 2.19. The number of anilines is 1. The van der Waals surface area contributed by atoms with Gasteiger partial charge in [-0.25, -0.2) is 0 Å². The highest BCUT2D eigenvalue weighted by molar-refractivity contribution is 5.98. The van der Waals surface area contributed by atoms with Crippen LogP contribution in [0.1, 0.15) is 31.1 Å². The number of carbonyl (C=O) groups is 2. The van der Waals surface area contributed by atoms with E-state index < -0.39 is 5.41 Å². The van der Waals surface area contributed by atoms with E-state index in [0.29, 0.717) is 35.9 Å². The normalized spacial score (nSPS) is 10.8. The molecule has 2 rings (SSSR count). The maximum Gasteiger partial charge on any atom is 0.251 e. The predicted molar refractivity (Wildman–Crippen MR) is 105 cm³/mol. The van der Waals surface area contributed by atoms with E-state index in [9.17, 15) is 9.59 Å². The minimum atomic E-state index is -0.504.